The minimum atomic E-state index is 0.00366. The van der Waals surface area contributed by atoms with Gasteiger partial charge in [-0.15, -0.1) is 0 Å². The van der Waals surface area contributed by atoms with E-state index >= 15 is 0 Å². The highest BCUT2D eigenvalue weighted by Crippen LogP contribution is 2.27. The van der Waals surface area contributed by atoms with Gasteiger partial charge in [0.05, 0.1) is 16.9 Å². The fourth-order valence-corrected chi connectivity index (χ4v) is 2.13. The van der Waals surface area contributed by atoms with Crippen molar-refractivity contribution >= 4 is 11.6 Å². The number of nitrogens with two attached hydrogens (primary N) is 1. The molecule has 16 heavy (non-hydrogen) atoms. The van der Waals surface area contributed by atoms with Crippen LogP contribution in [0.5, 0.6) is 0 Å². The Hall–Kier alpha value is -0.540. The van der Waals surface area contributed by atoms with Gasteiger partial charge < -0.3 is 5.73 Å². The Balaban J connectivity index is 2.73. The van der Waals surface area contributed by atoms with Crippen LogP contribution in [0.3, 0.4) is 0 Å². The van der Waals surface area contributed by atoms with E-state index in [0.29, 0.717) is 11.1 Å². The molecule has 0 spiro atoms. The molecular formula is C12H22ClN3. The van der Waals surface area contributed by atoms with Crippen LogP contribution in [-0.2, 0) is 0 Å². The first-order valence-electron chi connectivity index (χ1n) is 6.06. The largest absolute Gasteiger partial charge is 0.323 e. The molecule has 1 atom stereocenters. The fraction of sp³-hybridized carbons (Fsp3) is 0.750. The average Bonchev–Trinajstić information content (AvgIpc) is 2.60. The lowest BCUT2D eigenvalue weighted by Crippen LogP contribution is -2.18. The lowest BCUT2D eigenvalue weighted by Gasteiger charge is -2.17. The van der Waals surface area contributed by atoms with Crippen molar-refractivity contribution in [2.75, 3.05) is 0 Å². The maximum absolute atomic E-state index is 6.17. The molecule has 1 heterocycles. The van der Waals surface area contributed by atoms with Crippen molar-refractivity contribution in [3.05, 3.63) is 16.9 Å². The summed E-state index contributed by atoms with van der Waals surface area (Å²) in [6, 6.07) is 0.309. The zero-order valence-electron chi connectivity index (χ0n) is 10.4. The molecule has 0 saturated heterocycles. The Bertz CT molecular complexity index is 320. The highest BCUT2D eigenvalue weighted by atomic mass is 35.5. The van der Waals surface area contributed by atoms with Gasteiger partial charge in [0.25, 0.3) is 0 Å². The van der Waals surface area contributed by atoms with Gasteiger partial charge in [0.15, 0.2) is 0 Å². The summed E-state index contributed by atoms with van der Waals surface area (Å²) in [7, 11) is 0. The Morgan fingerprint density at radius 3 is 2.69 bits per heavy atom. The summed E-state index contributed by atoms with van der Waals surface area (Å²) in [5.41, 5.74) is 7.15. The lowest BCUT2D eigenvalue weighted by atomic mass is 10.1. The minimum absolute atomic E-state index is 0.00366. The molecule has 1 aromatic rings. The number of halogens is 1. The van der Waals surface area contributed by atoms with Crippen molar-refractivity contribution in [3.8, 4) is 0 Å². The van der Waals surface area contributed by atoms with Crippen molar-refractivity contribution in [2.24, 2.45) is 5.73 Å². The molecule has 0 aliphatic rings. The van der Waals surface area contributed by atoms with Crippen LogP contribution in [0.15, 0.2) is 6.20 Å². The van der Waals surface area contributed by atoms with Crippen LogP contribution < -0.4 is 5.73 Å². The number of nitrogens with zero attached hydrogens (tertiary/aromatic N) is 2. The first-order chi connectivity index (χ1) is 7.57. The van der Waals surface area contributed by atoms with E-state index < -0.39 is 0 Å². The molecule has 0 aliphatic carbocycles. The van der Waals surface area contributed by atoms with Gasteiger partial charge in [-0.2, -0.15) is 5.10 Å². The van der Waals surface area contributed by atoms with E-state index in [2.05, 4.69) is 25.9 Å². The van der Waals surface area contributed by atoms with Crippen LogP contribution in [0.25, 0.3) is 0 Å². The van der Waals surface area contributed by atoms with E-state index in [0.717, 1.165) is 18.5 Å². The molecule has 1 rings (SSSR count). The van der Waals surface area contributed by atoms with Gasteiger partial charge in [-0.1, -0.05) is 37.8 Å². The quantitative estimate of drug-likeness (QED) is 0.775. The van der Waals surface area contributed by atoms with Gasteiger partial charge in [0.1, 0.15) is 0 Å². The predicted molar refractivity (Wildman–Crippen MR) is 68.7 cm³/mol. The van der Waals surface area contributed by atoms with Gasteiger partial charge in [-0.25, -0.2) is 0 Å². The van der Waals surface area contributed by atoms with E-state index in [1.807, 2.05) is 4.68 Å². The maximum Gasteiger partial charge on any atom is 0.0834 e. The summed E-state index contributed by atoms with van der Waals surface area (Å²) in [6.45, 7) is 6.37. The third kappa shape index (κ3) is 3.22. The average molecular weight is 244 g/mol. The van der Waals surface area contributed by atoms with Crippen molar-refractivity contribution in [1.82, 2.24) is 9.78 Å². The molecular weight excluding hydrogens is 222 g/mol. The van der Waals surface area contributed by atoms with Crippen molar-refractivity contribution in [2.45, 2.75) is 58.5 Å². The van der Waals surface area contributed by atoms with E-state index in [-0.39, 0.29) is 6.04 Å². The highest BCUT2D eigenvalue weighted by molar-refractivity contribution is 6.31. The van der Waals surface area contributed by atoms with Crippen LogP contribution >= 0.6 is 11.6 Å². The SMILES string of the molecule is CCCCCC(N)c1c(Cl)cnn1C(C)C. The Labute approximate surface area is 103 Å². The number of hydrogen-bond donors (Lipinski definition) is 1. The predicted octanol–water partition coefficient (Wildman–Crippen LogP) is 3.70. The fourth-order valence-electron chi connectivity index (χ4n) is 1.86. The Kier molecular flexibility index (Phi) is 5.29. The topological polar surface area (TPSA) is 43.8 Å². The first-order valence-corrected chi connectivity index (χ1v) is 6.44. The monoisotopic (exact) mass is 243 g/mol. The molecule has 3 nitrogen and oxygen atoms in total. The van der Waals surface area contributed by atoms with Gasteiger partial charge in [-0.05, 0) is 20.3 Å². The van der Waals surface area contributed by atoms with Gasteiger partial charge in [0.2, 0.25) is 0 Å². The molecule has 0 amide bonds. The summed E-state index contributed by atoms with van der Waals surface area (Å²) in [5, 5.41) is 4.96. The standard InChI is InChI=1S/C12H22ClN3/c1-4-5-6-7-11(14)12-10(13)8-15-16(12)9(2)3/h8-9,11H,4-7,14H2,1-3H3. The highest BCUT2D eigenvalue weighted by Gasteiger charge is 2.17. The zero-order valence-corrected chi connectivity index (χ0v) is 11.2. The van der Waals surface area contributed by atoms with Gasteiger partial charge in [-0.3, -0.25) is 4.68 Å². The second-order valence-electron chi connectivity index (χ2n) is 4.52. The van der Waals surface area contributed by atoms with E-state index in [4.69, 9.17) is 17.3 Å². The summed E-state index contributed by atoms with van der Waals surface area (Å²) in [4.78, 5) is 0. The lowest BCUT2D eigenvalue weighted by molar-refractivity contribution is 0.468. The summed E-state index contributed by atoms with van der Waals surface area (Å²) in [5.74, 6) is 0. The molecule has 0 saturated carbocycles. The smallest absolute Gasteiger partial charge is 0.0834 e. The van der Waals surface area contributed by atoms with Crippen LogP contribution in [0.2, 0.25) is 5.02 Å². The zero-order chi connectivity index (χ0) is 12.1. The van der Waals surface area contributed by atoms with Crippen molar-refractivity contribution in [3.63, 3.8) is 0 Å². The van der Waals surface area contributed by atoms with E-state index in [9.17, 15) is 0 Å². The number of rotatable bonds is 6. The molecule has 0 radical (unpaired) electrons. The summed E-state index contributed by atoms with van der Waals surface area (Å²) in [6.07, 6.45) is 6.25. The molecule has 92 valence electrons. The van der Waals surface area contributed by atoms with Crippen LogP contribution in [0, 0.1) is 0 Å². The second-order valence-corrected chi connectivity index (χ2v) is 4.93. The van der Waals surface area contributed by atoms with Gasteiger partial charge >= 0.3 is 0 Å². The normalized spacial score (nSPS) is 13.4. The Morgan fingerprint density at radius 2 is 2.12 bits per heavy atom. The molecule has 0 fully saturated rings. The van der Waals surface area contributed by atoms with Crippen molar-refractivity contribution < 1.29 is 0 Å². The molecule has 0 aromatic carbocycles. The molecule has 4 heteroatoms. The molecule has 0 bridgehead atoms. The third-order valence-electron chi connectivity index (χ3n) is 2.75. The van der Waals surface area contributed by atoms with Crippen LogP contribution in [-0.4, -0.2) is 9.78 Å². The number of aromatic nitrogens is 2. The van der Waals surface area contributed by atoms with E-state index in [1.54, 1.807) is 6.20 Å². The van der Waals surface area contributed by atoms with Gasteiger partial charge in [0, 0.05) is 12.1 Å². The van der Waals surface area contributed by atoms with Crippen LogP contribution in [0.4, 0.5) is 0 Å². The number of unbranched alkanes of at least 4 members (excludes halogenated alkanes) is 2. The van der Waals surface area contributed by atoms with E-state index in [1.165, 1.54) is 12.8 Å². The number of hydrogen-bond acceptors (Lipinski definition) is 2. The molecule has 2 N–H and O–H groups in total. The second kappa shape index (κ2) is 6.26. The molecule has 1 unspecified atom stereocenters. The van der Waals surface area contributed by atoms with Crippen molar-refractivity contribution in [1.29, 1.82) is 0 Å². The minimum Gasteiger partial charge on any atom is -0.323 e. The first kappa shape index (κ1) is 13.5. The Morgan fingerprint density at radius 1 is 1.44 bits per heavy atom. The summed E-state index contributed by atoms with van der Waals surface area (Å²) >= 11 is 6.13. The maximum atomic E-state index is 6.17. The van der Waals surface area contributed by atoms with Crippen LogP contribution in [0.1, 0.15) is 64.2 Å². The third-order valence-corrected chi connectivity index (χ3v) is 3.04. The molecule has 1 aromatic heterocycles. The molecule has 0 aliphatic heterocycles. The summed E-state index contributed by atoms with van der Waals surface area (Å²) < 4.78 is 1.93.